The molecule has 0 radical (unpaired) electrons. The number of carbonyl (C=O) groups excluding carboxylic acids is 1. The lowest BCUT2D eigenvalue weighted by Gasteiger charge is -2.15. The highest BCUT2D eigenvalue weighted by Gasteiger charge is 2.23. The molecule has 37 heavy (non-hydrogen) atoms. The number of carbonyl (C=O) groups is 1. The summed E-state index contributed by atoms with van der Waals surface area (Å²) in [6.45, 7) is 3.92. The fourth-order valence-corrected chi connectivity index (χ4v) is 4.82. The lowest BCUT2D eigenvalue weighted by Crippen LogP contribution is -2.41. The standard InChI is InChI=1S/C28H25ClN4O4/c1-4-37-23-11-6-5-10-21(23)30-24(34)16-32-25-20-14-17(2)12-13-22(20)31(3)26(25)27(35)33(28(32)36)19-9-7-8-18(29)15-19/h5-15H,4,16H2,1-3H3,(H,30,34). The Morgan fingerprint density at radius 3 is 2.54 bits per heavy atom. The van der Waals surface area contributed by atoms with Crippen LogP contribution in [0.15, 0.2) is 76.3 Å². The van der Waals surface area contributed by atoms with Crippen LogP contribution >= 0.6 is 11.6 Å². The van der Waals surface area contributed by atoms with Gasteiger partial charge in [-0.15, -0.1) is 0 Å². The number of fused-ring (bicyclic) bond motifs is 3. The number of nitrogens with one attached hydrogen (secondary N) is 1. The van der Waals surface area contributed by atoms with Crippen molar-refractivity contribution in [3.05, 3.63) is 98.2 Å². The van der Waals surface area contributed by atoms with Crippen molar-refractivity contribution in [2.24, 2.45) is 7.05 Å². The van der Waals surface area contributed by atoms with Crippen LogP contribution in [-0.4, -0.2) is 26.2 Å². The number of rotatable bonds is 6. The smallest absolute Gasteiger partial charge is 0.336 e. The van der Waals surface area contributed by atoms with Gasteiger partial charge in [0, 0.05) is 17.5 Å². The van der Waals surface area contributed by atoms with Crippen LogP contribution in [0.1, 0.15) is 12.5 Å². The maximum absolute atomic E-state index is 13.9. The van der Waals surface area contributed by atoms with Crippen LogP contribution in [0, 0.1) is 6.92 Å². The summed E-state index contributed by atoms with van der Waals surface area (Å²) in [6.07, 6.45) is 0. The summed E-state index contributed by atoms with van der Waals surface area (Å²) in [5.41, 5.74) is 2.14. The zero-order valence-corrected chi connectivity index (χ0v) is 21.4. The number of amides is 1. The highest BCUT2D eigenvalue weighted by atomic mass is 35.5. The van der Waals surface area contributed by atoms with Gasteiger partial charge in [-0.2, -0.15) is 0 Å². The van der Waals surface area contributed by atoms with Crippen LogP contribution in [0.5, 0.6) is 5.75 Å². The summed E-state index contributed by atoms with van der Waals surface area (Å²) in [5.74, 6) is 0.0945. The summed E-state index contributed by atoms with van der Waals surface area (Å²) in [4.78, 5) is 40.9. The number of hydrogen-bond donors (Lipinski definition) is 1. The van der Waals surface area contributed by atoms with Crippen molar-refractivity contribution < 1.29 is 9.53 Å². The second kappa shape index (κ2) is 9.63. The van der Waals surface area contributed by atoms with E-state index in [1.807, 2.05) is 38.1 Å². The number of benzene rings is 3. The van der Waals surface area contributed by atoms with E-state index >= 15 is 0 Å². The number of nitrogens with zero attached hydrogens (tertiary/aromatic N) is 3. The van der Waals surface area contributed by atoms with E-state index in [1.54, 1.807) is 54.1 Å². The van der Waals surface area contributed by atoms with E-state index in [0.29, 0.717) is 45.2 Å². The molecule has 9 heteroatoms. The molecule has 0 aliphatic rings. The molecule has 0 unspecified atom stereocenters. The molecule has 0 aliphatic carbocycles. The van der Waals surface area contributed by atoms with Gasteiger partial charge in [-0.05, 0) is 56.3 Å². The minimum Gasteiger partial charge on any atom is -0.492 e. The van der Waals surface area contributed by atoms with Crippen LogP contribution in [-0.2, 0) is 18.4 Å². The van der Waals surface area contributed by atoms with Crippen molar-refractivity contribution in [2.45, 2.75) is 20.4 Å². The summed E-state index contributed by atoms with van der Waals surface area (Å²) < 4.78 is 9.77. The third kappa shape index (κ3) is 4.29. The lowest BCUT2D eigenvalue weighted by molar-refractivity contribution is -0.116. The van der Waals surface area contributed by atoms with Gasteiger partial charge in [0.1, 0.15) is 17.8 Å². The summed E-state index contributed by atoms with van der Waals surface area (Å²) in [7, 11) is 1.77. The fraction of sp³-hybridized carbons (Fsp3) is 0.179. The van der Waals surface area contributed by atoms with Crippen molar-refractivity contribution in [2.75, 3.05) is 11.9 Å². The van der Waals surface area contributed by atoms with Gasteiger partial charge in [-0.3, -0.25) is 14.2 Å². The molecule has 0 aliphatic heterocycles. The summed E-state index contributed by atoms with van der Waals surface area (Å²) in [6, 6.07) is 19.4. The molecular weight excluding hydrogens is 492 g/mol. The molecule has 0 saturated carbocycles. The Kier molecular flexibility index (Phi) is 6.35. The van der Waals surface area contributed by atoms with Crippen LogP contribution < -0.4 is 21.3 Å². The quantitative estimate of drug-likeness (QED) is 0.356. The molecule has 0 saturated heterocycles. The Balaban J connectivity index is 1.75. The van der Waals surface area contributed by atoms with E-state index in [4.69, 9.17) is 16.3 Å². The van der Waals surface area contributed by atoms with Gasteiger partial charge < -0.3 is 14.6 Å². The van der Waals surface area contributed by atoms with E-state index < -0.39 is 17.2 Å². The van der Waals surface area contributed by atoms with Gasteiger partial charge in [0.2, 0.25) is 5.91 Å². The molecule has 2 aromatic heterocycles. The third-order valence-electron chi connectivity index (χ3n) is 6.26. The molecule has 3 aromatic carbocycles. The molecular formula is C28H25ClN4O4. The Labute approximate surface area is 217 Å². The Bertz CT molecular complexity index is 1800. The number of ether oxygens (including phenoxy) is 1. The first-order chi connectivity index (χ1) is 17.8. The number of aryl methyl sites for hydroxylation is 2. The monoisotopic (exact) mass is 516 g/mol. The predicted octanol–water partition coefficient (Wildman–Crippen LogP) is 4.64. The molecule has 0 fully saturated rings. The van der Waals surface area contributed by atoms with Crippen LogP contribution in [0.25, 0.3) is 27.6 Å². The van der Waals surface area contributed by atoms with E-state index in [9.17, 15) is 14.4 Å². The average molecular weight is 517 g/mol. The van der Waals surface area contributed by atoms with E-state index in [0.717, 1.165) is 15.6 Å². The number of para-hydroxylation sites is 2. The molecule has 0 bridgehead atoms. The van der Waals surface area contributed by atoms with Gasteiger partial charge in [0.15, 0.2) is 0 Å². The minimum absolute atomic E-state index is 0.308. The minimum atomic E-state index is -0.637. The zero-order valence-electron chi connectivity index (χ0n) is 20.6. The number of aromatic nitrogens is 3. The fourth-order valence-electron chi connectivity index (χ4n) is 4.64. The number of hydrogen-bond acceptors (Lipinski definition) is 4. The Morgan fingerprint density at radius 1 is 1.00 bits per heavy atom. The van der Waals surface area contributed by atoms with Crippen molar-refractivity contribution >= 4 is 45.1 Å². The Morgan fingerprint density at radius 2 is 1.78 bits per heavy atom. The van der Waals surface area contributed by atoms with E-state index in [-0.39, 0.29) is 6.54 Å². The summed E-state index contributed by atoms with van der Waals surface area (Å²) >= 11 is 6.18. The average Bonchev–Trinajstić information content (AvgIpc) is 3.15. The van der Waals surface area contributed by atoms with Crippen LogP contribution in [0.2, 0.25) is 5.02 Å². The normalized spacial score (nSPS) is 11.2. The molecule has 2 heterocycles. The predicted molar refractivity (Wildman–Crippen MR) is 146 cm³/mol. The second-order valence-electron chi connectivity index (χ2n) is 8.74. The van der Waals surface area contributed by atoms with Crippen LogP contribution in [0.4, 0.5) is 5.69 Å². The first-order valence-electron chi connectivity index (χ1n) is 11.8. The van der Waals surface area contributed by atoms with E-state index in [2.05, 4.69) is 5.32 Å². The molecule has 0 atom stereocenters. The number of anilines is 1. The van der Waals surface area contributed by atoms with Gasteiger partial charge in [-0.1, -0.05) is 41.4 Å². The maximum atomic E-state index is 13.9. The molecule has 188 valence electrons. The topological polar surface area (TPSA) is 87.3 Å². The van der Waals surface area contributed by atoms with Crippen molar-refractivity contribution in [3.63, 3.8) is 0 Å². The highest BCUT2D eigenvalue weighted by Crippen LogP contribution is 2.28. The SMILES string of the molecule is CCOc1ccccc1NC(=O)Cn1c(=O)n(-c2cccc(Cl)c2)c(=O)c2c1c1cc(C)ccc1n2C. The van der Waals surface area contributed by atoms with Gasteiger partial charge in [-0.25, -0.2) is 9.36 Å². The first kappa shape index (κ1) is 24.4. The summed E-state index contributed by atoms with van der Waals surface area (Å²) in [5, 5.41) is 3.94. The zero-order chi connectivity index (χ0) is 26.3. The van der Waals surface area contributed by atoms with E-state index in [1.165, 1.54) is 4.57 Å². The second-order valence-corrected chi connectivity index (χ2v) is 9.18. The maximum Gasteiger partial charge on any atom is 0.336 e. The van der Waals surface area contributed by atoms with Crippen LogP contribution in [0.3, 0.4) is 0 Å². The molecule has 1 amide bonds. The van der Waals surface area contributed by atoms with Crippen molar-refractivity contribution in [1.29, 1.82) is 0 Å². The Hall–Kier alpha value is -4.30. The van der Waals surface area contributed by atoms with Gasteiger partial charge in [0.05, 0.1) is 29.0 Å². The van der Waals surface area contributed by atoms with Crippen molar-refractivity contribution in [1.82, 2.24) is 13.7 Å². The lowest BCUT2D eigenvalue weighted by atomic mass is 10.1. The molecule has 5 rings (SSSR count). The highest BCUT2D eigenvalue weighted by molar-refractivity contribution is 6.30. The van der Waals surface area contributed by atoms with Gasteiger partial charge >= 0.3 is 5.69 Å². The molecule has 1 N–H and O–H groups in total. The third-order valence-corrected chi connectivity index (χ3v) is 6.49. The van der Waals surface area contributed by atoms with Gasteiger partial charge in [0.25, 0.3) is 5.56 Å². The first-order valence-corrected chi connectivity index (χ1v) is 12.2. The molecule has 5 aromatic rings. The molecule has 0 spiro atoms. The number of halogens is 1. The van der Waals surface area contributed by atoms with Crippen molar-refractivity contribution in [3.8, 4) is 11.4 Å². The molecule has 8 nitrogen and oxygen atoms in total. The largest absolute Gasteiger partial charge is 0.492 e.